The third kappa shape index (κ3) is 6.23. The Labute approximate surface area is 200 Å². The molecule has 0 spiro atoms. The number of ether oxygens (including phenoxy) is 2. The van der Waals surface area contributed by atoms with Crippen LogP contribution in [0.4, 0.5) is 20.3 Å². The predicted molar refractivity (Wildman–Crippen MR) is 131 cm³/mol. The molecule has 4 rings (SSSR count). The topological polar surface area (TPSA) is 67.4 Å². The maximum Gasteiger partial charge on any atom is 0.149 e. The molecule has 2 fully saturated rings. The van der Waals surface area contributed by atoms with Gasteiger partial charge >= 0.3 is 0 Å². The third-order valence-corrected chi connectivity index (χ3v) is 6.98. The van der Waals surface area contributed by atoms with E-state index in [0.29, 0.717) is 31.1 Å². The molecule has 1 heterocycles. The number of anilines is 2. The predicted octanol–water partition coefficient (Wildman–Crippen LogP) is 4.97. The number of benzene rings is 1. The number of pyridine rings is 1. The minimum Gasteiger partial charge on any atom is -0.383 e. The number of methoxy groups -OCH3 is 2. The fourth-order valence-corrected chi connectivity index (χ4v) is 4.74. The van der Waals surface area contributed by atoms with Crippen LogP contribution in [0, 0.1) is 11.6 Å². The van der Waals surface area contributed by atoms with Crippen LogP contribution in [0.2, 0.25) is 0 Å². The summed E-state index contributed by atoms with van der Waals surface area (Å²) in [5.41, 5.74) is 1.02. The summed E-state index contributed by atoms with van der Waals surface area (Å²) in [6, 6.07) is 7.35. The molecule has 0 aliphatic heterocycles. The van der Waals surface area contributed by atoms with E-state index >= 15 is 0 Å². The number of rotatable bonds is 11. The van der Waals surface area contributed by atoms with Gasteiger partial charge in [-0.25, -0.2) is 13.8 Å². The van der Waals surface area contributed by atoms with Crippen molar-refractivity contribution >= 4 is 11.5 Å². The van der Waals surface area contributed by atoms with Gasteiger partial charge in [-0.15, -0.1) is 0 Å². The summed E-state index contributed by atoms with van der Waals surface area (Å²) < 4.78 is 40.1. The van der Waals surface area contributed by atoms with Crippen molar-refractivity contribution in [1.29, 1.82) is 0 Å². The average Bonchev–Trinajstić information content (AvgIpc) is 3.62. The van der Waals surface area contributed by atoms with Gasteiger partial charge in [0.2, 0.25) is 0 Å². The average molecular weight is 475 g/mol. The van der Waals surface area contributed by atoms with Crippen LogP contribution in [0.25, 0.3) is 11.1 Å². The molecule has 3 N–H and O–H groups in total. The minimum absolute atomic E-state index is 0.135. The molecule has 0 amide bonds. The molecule has 8 heteroatoms. The summed E-state index contributed by atoms with van der Waals surface area (Å²) >= 11 is 0. The zero-order valence-electron chi connectivity index (χ0n) is 20.3. The van der Waals surface area contributed by atoms with Crippen molar-refractivity contribution in [3.8, 4) is 11.1 Å². The lowest BCUT2D eigenvalue weighted by Gasteiger charge is -2.31. The van der Waals surface area contributed by atoms with Gasteiger partial charge in [0.1, 0.15) is 17.5 Å². The fourth-order valence-electron chi connectivity index (χ4n) is 4.74. The van der Waals surface area contributed by atoms with Crippen molar-refractivity contribution in [2.45, 2.75) is 69.2 Å². The second-order valence-electron chi connectivity index (χ2n) is 9.70. The quantitative estimate of drug-likeness (QED) is 0.428. The standard InChI is InChI=1S/C26H36F2N4O2/c1-17(15-33-2)31-18-4-6-19(7-5-18)32-25-13-22(24(28)14-29-25)21-12-20(8-9-23(21)27)30-16-26(34-3)10-11-26/h8-9,12-14,17-19,30-31H,4-7,10-11,15-16H2,1-3H3,(H,29,32). The Kier molecular flexibility index (Phi) is 8.01. The first-order chi connectivity index (χ1) is 16.4. The van der Waals surface area contributed by atoms with Crippen molar-refractivity contribution in [2.75, 3.05) is 38.0 Å². The summed E-state index contributed by atoms with van der Waals surface area (Å²) in [5, 5.41) is 10.3. The van der Waals surface area contributed by atoms with Gasteiger partial charge in [-0.1, -0.05) is 0 Å². The number of nitrogens with zero attached hydrogens (tertiary/aromatic N) is 1. The van der Waals surface area contributed by atoms with E-state index < -0.39 is 11.6 Å². The van der Waals surface area contributed by atoms with E-state index in [2.05, 4.69) is 27.9 Å². The van der Waals surface area contributed by atoms with Gasteiger partial charge in [0.15, 0.2) is 0 Å². The summed E-state index contributed by atoms with van der Waals surface area (Å²) in [6.07, 6.45) is 7.24. The maximum absolute atomic E-state index is 14.7. The molecule has 6 nitrogen and oxygen atoms in total. The number of halogens is 2. The maximum atomic E-state index is 14.7. The Hall–Kier alpha value is -2.29. The van der Waals surface area contributed by atoms with Crippen LogP contribution in [0.3, 0.4) is 0 Å². The molecule has 2 aromatic rings. The van der Waals surface area contributed by atoms with Crippen molar-refractivity contribution in [3.05, 3.63) is 42.1 Å². The van der Waals surface area contributed by atoms with Crippen molar-refractivity contribution in [1.82, 2.24) is 10.3 Å². The number of hydrogen-bond acceptors (Lipinski definition) is 6. The summed E-state index contributed by atoms with van der Waals surface area (Å²) in [4.78, 5) is 4.22. The molecule has 1 aromatic heterocycles. The molecule has 34 heavy (non-hydrogen) atoms. The molecular formula is C26H36F2N4O2. The first-order valence-electron chi connectivity index (χ1n) is 12.2. The second kappa shape index (κ2) is 11.0. The largest absolute Gasteiger partial charge is 0.383 e. The van der Waals surface area contributed by atoms with Gasteiger partial charge < -0.3 is 25.4 Å². The zero-order valence-corrected chi connectivity index (χ0v) is 20.3. The van der Waals surface area contributed by atoms with Crippen molar-refractivity contribution in [3.63, 3.8) is 0 Å². The first kappa shape index (κ1) is 24.8. The Morgan fingerprint density at radius 2 is 1.74 bits per heavy atom. The van der Waals surface area contributed by atoms with E-state index in [1.54, 1.807) is 32.4 Å². The van der Waals surface area contributed by atoms with Crippen LogP contribution in [-0.4, -0.2) is 56.1 Å². The van der Waals surface area contributed by atoms with Gasteiger partial charge in [-0.3, -0.25) is 0 Å². The molecule has 1 aromatic carbocycles. The van der Waals surface area contributed by atoms with E-state index in [1.165, 1.54) is 12.3 Å². The zero-order chi connectivity index (χ0) is 24.1. The SMILES string of the molecule is COCC(C)NC1CCC(Nc2cc(-c3cc(NCC4(OC)CC4)ccc3F)c(F)cn2)CC1. The van der Waals surface area contributed by atoms with Crippen LogP contribution in [0.15, 0.2) is 30.5 Å². The van der Waals surface area contributed by atoms with Crippen LogP contribution < -0.4 is 16.0 Å². The van der Waals surface area contributed by atoms with E-state index in [-0.39, 0.29) is 22.8 Å². The van der Waals surface area contributed by atoms with E-state index in [9.17, 15) is 8.78 Å². The van der Waals surface area contributed by atoms with Crippen LogP contribution >= 0.6 is 0 Å². The van der Waals surface area contributed by atoms with E-state index in [0.717, 1.165) is 44.2 Å². The summed E-state index contributed by atoms with van der Waals surface area (Å²) in [5.74, 6) is -0.446. The lowest BCUT2D eigenvalue weighted by Crippen LogP contribution is -2.42. The van der Waals surface area contributed by atoms with Gasteiger partial charge in [-0.05, 0) is 69.7 Å². The van der Waals surface area contributed by atoms with Gasteiger partial charge in [0, 0.05) is 55.7 Å². The fraction of sp³-hybridized carbons (Fsp3) is 0.577. The van der Waals surface area contributed by atoms with Crippen LogP contribution in [0.1, 0.15) is 45.4 Å². The molecule has 2 aliphatic rings. The molecule has 1 unspecified atom stereocenters. The normalized spacial score (nSPS) is 22.3. The van der Waals surface area contributed by atoms with Gasteiger partial charge in [0.05, 0.1) is 18.4 Å². The number of nitrogens with one attached hydrogen (secondary N) is 3. The van der Waals surface area contributed by atoms with Crippen molar-refractivity contribution in [2.24, 2.45) is 0 Å². The smallest absolute Gasteiger partial charge is 0.149 e. The second-order valence-corrected chi connectivity index (χ2v) is 9.70. The Morgan fingerprint density at radius 3 is 2.41 bits per heavy atom. The molecular weight excluding hydrogens is 438 g/mol. The Morgan fingerprint density at radius 1 is 1.03 bits per heavy atom. The highest BCUT2D eigenvalue weighted by molar-refractivity contribution is 5.71. The number of hydrogen-bond donors (Lipinski definition) is 3. The van der Waals surface area contributed by atoms with Crippen LogP contribution in [-0.2, 0) is 9.47 Å². The van der Waals surface area contributed by atoms with Crippen LogP contribution in [0.5, 0.6) is 0 Å². The summed E-state index contributed by atoms with van der Waals surface area (Å²) in [6.45, 7) is 3.46. The number of aromatic nitrogens is 1. The molecule has 0 bridgehead atoms. The van der Waals surface area contributed by atoms with Gasteiger partial charge in [-0.2, -0.15) is 0 Å². The molecule has 0 radical (unpaired) electrons. The molecule has 1 atom stereocenters. The molecule has 2 aliphatic carbocycles. The highest BCUT2D eigenvalue weighted by Gasteiger charge is 2.42. The molecule has 186 valence electrons. The van der Waals surface area contributed by atoms with E-state index in [1.807, 2.05) is 0 Å². The van der Waals surface area contributed by atoms with Gasteiger partial charge in [0.25, 0.3) is 0 Å². The minimum atomic E-state index is -0.544. The Balaban J connectivity index is 1.40. The lowest BCUT2D eigenvalue weighted by atomic mass is 9.90. The Bertz CT molecular complexity index is 962. The molecule has 0 saturated heterocycles. The molecule has 2 saturated carbocycles. The highest BCUT2D eigenvalue weighted by Crippen LogP contribution is 2.39. The highest BCUT2D eigenvalue weighted by atomic mass is 19.1. The summed E-state index contributed by atoms with van der Waals surface area (Å²) in [7, 11) is 3.42. The van der Waals surface area contributed by atoms with Crippen molar-refractivity contribution < 1.29 is 18.3 Å². The monoisotopic (exact) mass is 474 g/mol. The first-order valence-corrected chi connectivity index (χ1v) is 12.2. The van der Waals surface area contributed by atoms with E-state index in [4.69, 9.17) is 9.47 Å². The third-order valence-electron chi connectivity index (χ3n) is 6.98. The lowest BCUT2D eigenvalue weighted by molar-refractivity contribution is 0.0914.